The summed E-state index contributed by atoms with van der Waals surface area (Å²) in [5, 5.41) is 34.2. The molecule has 0 fully saturated rings. The Bertz CT molecular complexity index is 664. The zero-order chi connectivity index (χ0) is 18.3. The van der Waals surface area contributed by atoms with E-state index < -0.39 is 23.9 Å². The highest BCUT2D eigenvalue weighted by atomic mass is 16.4. The van der Waals surface area contributed by atoms with Gasteiger partial charge in [-0.1, -0.05) is 24.3 Å². The monoisotopic (exact) mass is 368 g/mol. The second kappa shape index (κ2) is 10.9. The van der Waals surface area contributed by atoms with Crippen LogP contribution in [0.1, 0.15) is 41.4 Å². The molecule has 8 N–H and O–H groups in total. The van der Waals surface area contributed by atoms with Gasteiger partial charge in [0.05, 0.1) is 22.3 Å². The number of carboxylic acid groups (broad SMARTS) is 4. The van der Waals surface area contributed by atoms with E-state index in [0.29, 0.717) is 0 Å². The molecule has 0 atom stereocenters. The number of hydrogen-bond donors (Lipinski definition) is 4. The quantitative estimate of drug-likeness (QED) is 0.595. The lowest BCUT2D eigenvalue weighted by atomic mass is 10.1. The van der Waals surface area contributed by atoms with Gasteiger partial charge in [-0.25, -0.2) is 19.2 Å². The summed E-state index contributed by atoms with van der Waals surface area (Å²) in [4.78, 5) is 41.9. The predicted molar refractivity (Wildman–Crippen MR) is 87.9 cm³/mol. The van der Waals surface area contributed by atoms with Gasteiger partial charge in [-0.2, -0.15) is 0 Å². The van der Waals surface area contributed by atoms with Gasteiger partial charge in [-0.05, 0) is 24.3 Å². The van der Waals surface area contributed by atoms with Gasteiger partial charge in [0.25, 0.3) is 0 Å². The maximum absolute atomic E-state index is 10.5. The molecule has 0 aliphatic heterocycles. The van der Waals surface area contributed by atoms with Gasteiger partial charge in [0.1, 0.15) is 0 Å². The van der Waals surface area contributed by atoms with Crippen molar-refractivity contribution < 1.29 is 50.6 Å². The third-order valence-electron chi connectivity index (χ3n) is 2.78. The Morgan fingerprint density at radius 1 is 0.462 bits per heavy atom. The van der Waals surface area contributed by atoms with E-state index in [1.54, 1.807) is 0 Å². The van der Waals surface area contributed by atoms with Gasteiger partial charge in [0, 0.05) is 0 Å². The molecule has 10 nitrogen and oxygen atoms in total. The standard InChI is InChI=1S/2C8H6O4.2H2O/c2*9-7(10)5-3-1-2-4-6(5)8(11)12;;/h2*1-4H,(H,9,10)(H,11,12);2*1H2. The molecule has 0 aromatic heterocycles. The Balaban J connectivity index is 0. The van der Waals surface area contributed by atoms with Crippen molar-refractivity contribution in [2.45, 2.75) is 0 Å². The lowest BCUT2D eigenvalue weighted by molar-refractivity contribution is 0.0651. The molecule has 2 aromatic carbocycles. The van der Waals surface area contributed by atoms with Gasteiger partial charge >= 0.3 is 23.9 Å². The van der Waals surface area contributed by atoms with Crippen molar-refractivity contribution in [3.05, 3.63) is 70.8 Å². The average Bonchev–Trinajstić information content (AvgIpc) is 2.55. The second-order valence-corrected chi connectivity index (χ2v) is 4.31. The second-order valence-electron chi connectivity index (χ2n) is 4.31. The van der Waals surface area contributed by atoms with E-state index in [4.69, 9.17) is 20.4 Å². The van der Waals surface area contributed by atoms with Crippen LogP contribution in [0.2, 0.25) is 0 Å². The van der Waals surface area contributed by atoms with Gasteiger partial charge in [-0.3, -0.25) is 0 Å². The van der Waals surface area contributed by atoms with Crippen LogP contribution in [0.5, 0.6) is 0 Å². The zero-order valence-electron chi connectivity index (χ0n) is 13.0. The van der Waals surface area contributed by atoms with Crippen LogP contribution < -0.4 is 0 Å². The van der Waals surface area contributed by atoms with E-state index in [9.17, 15) is 19.2 Å². The zero-order valence-corrected chi connectivity index (χ0v) is 13.0. The van der Waals surface area contributed by atoms with E-state index in [-0.39, 0.29) is 33.2 Å². The smallest absolute Gasteiger partial charge is 0.336 e. The molecule has 140 valence electrons. The summed E-state index contributed by atoms with van der Waals surface area (Å²) >= 11 is 0. The fraction of sp³-hybridized carbons (Fsp3) is 0. The molecule has 0 heterocycles. The molecule has 0 radical (unpaired) electrons. The van der Waals surface area contributed by atoms with Crippen molar-refractivity contribution in [3.8, 4) is 0 Å². The van der Waals surface area contributed by atoms with Gasteiger partial charge in [0.2, 0.25) is 0 Å². The Hall–Kier alpha value is -3.76. The molecule has 2 rings (SSSR count). The third kappa shape index (κ3) is 6.39. The molecular formula is C16H16O10. The van der Waals surface area contributed by atoms with Crippen molar-refractivity contribution in [2.75, 3.05) is 0 Å². The maximum Gasteiger partial charge on any atom is 0.336 e. The van der Waals surface area contributed by atoms with E-state index in [2.05, 4.69) is 0 Å². The van der Waals surface area contributed by atoms with Gasteiger partial charge in [0.15, 0.2) is 0 Å². The molecular weight excluding hydrogens is 352 g/mol. The van der Waals surface area contributed by atoms with Crippen LogP contribution in [0.15, 0.2) is 48.5 Å². The van der Waals surface area contributed by atoms with Crippen molar-refractivity contribution in [1.82, 2.24) is 0 Å². The lowest BCUT2D eigenvalue weighted by Crippen LogP contribution is -2.06. The van der Waals surface area contributed by atoms with Crippen LogP contribution in [0.3, 0.4) is 0 Å². The minimum absolute atomic E-state index is 0. The van der Waals surface area contributed by atoms with Crippen molar-refractivity contribution in [2.24, 2.45) is 0 Å². The summed E-state index contributed by atoms with van der Waals surface area (Å²) in [6.45, 7) is 0. The van der Waals surface area contributed by atoms with Crippen LogP contribution in [0.25, 0.3) is 0 Å². The highest BCUT2D eigenvalue weighted by molar-refractivity contribution is 6.02. The van der Waals surface area contributed by atoms with E-state index in [0.717, 1.165) is 0 Å². The molecule has 0 saturated heterocycles. The first-order valence-corrected chi connectivity index (χ1v) is 6.37. The van der Waals surface area contributed by atoms with E-state index >= 15 is 0 Å². The summed E-state index contributed by atoms with van der Waals surface area (Å²) in [6, 6.07) is 11.0. The minimum atomic E-state index is -1.23. The van der Waals surface area contributed by atoms with Crippen LogP contribution >= 0.6 is 0 Å². The summed E-state index contributed by atoms with van der Waals surface area (Å²) < 4.78 is 0. The molecule has 2 aromatic rings. The summed E-state index contributed by atoms with van der Waals surface area (Å²) in [6.07, 6.45) is 0. The average molecular weight is 368 g/mol. The highest BCUT2D eigenvalue weighted by Crippen LogP contribution is 2.08. The topological polar surface area (TPSA) is 212 Å². The van der Waals surface area contributed by atoms with E-state index in [1.807, 2.05) is 0 Å². The first kappa shape index (κ1) is 24.5. The minimum Gasteiger partial charge on any atom is -0.478 e. The largest absolute Gasteiger partial charge is 0.478 e. The summed E-state index contributed by atoms with van der Waals surface area (Å²) in [5.74, 6) is -4.91. The molecule has 0 aliphatic rings. The lowest BCUT2D eigenvalue weighted by Gasteiger charge is -1.98. The van der Waals surface area contributed by atoms with Crippen molar-refractivity contribution in [3.63, 3.8) is 0 Å². The Morgan fingerprint density at radius 3 is 0.731 bits per heavy atom. The van der Waals surface area contributed by atoms with Gasteiger partial charge < -0.3 is 31.4 Å². The molecule has 0 aliphatic carbocycles. The van der Waals surface area contributed by atoms with Crippen LogP contribution in [-0.2, 0) is 0 Å². The van der Waals surface area contributed by atoms with Crippen molar-refractivity contribution in [1.29, 1.82) is 0 Å². The van der Waals surface area contributed by atoms with Crippen LogP contribution in [0.4, 0.5) is 0 Å². The number of hydrogen-bond acceptors (Lipinski definition) is 4. The molecule has 0 spiro atoms. The number of rotatable bonds is 4. The third-order valence-corrected chi connectivity index (χ3v) is 2.78. The molecule has 0 saturated carbocycles. The number of carbonyl (C=O) groups is 4. The molecule has 10 heteroatoms. The van der Waals surface area contributed by atoms with Crippen molar-refractivity contribution >= 4 is 23.9 Å². The predicted octanol–water partition coefficient (Wildman–Crippen LogP) is 0.517. The molecule has 26 heavy (non-hydrogen) atoms. The first-order chi connectivity index (χ1) is 11.3. The Morgan fingerprint density at radius 2 is 0.615 bits per heavy atom. The van der Waals surface area contributed by atoms with E-state index in [1.165, 1.54) is 48.5 Å². The van der Waals surface area contributed by atoms with Crippen LogP contribution in [0, 0.1) is 0 Å². The molecule has 0 bridgehead atoms. The molecule has 0 amide bonds. The summed E-state index contributed by atoms with van der Waals surface area (Å²) in [7, 11) is 0. The fourth-order valence-electron chi connectivity index (χ4n) is 1.71. The normalized spacial score (nSPS) is 8.62. The SMILES string of the molecule is O.O.O=C(O)c1ccccc1C(=O)O.O=C(O)c1ccccc1C(=O)O. The number of aromatic carboxylic acids is 4. The highest BCUT2D eigenvalue weighted by Gasteiger charge is 2.14. The Labute approximate surface area is 146 Å². The van der Waals surface area contributed by atoms with Crippen LogP contribution in [-0.4, -0.2) is 55.3 Å². The maximum atomic E-state index is 10.5. The Kier molecular flexibility index (Phi) is 10.3. The fourth-order valence-corrected chi connectivity index (χ4v) is 1.71. The number of benzene rings is 2. The first-order valence-electron chi connectivity index (χ1n) is 6.37. The number of carboxylic acids is 4. The summed E-state index contributed by atoms with van der Waals surface area (Å²) in [5.41, 5.74) is -0.759. The van der Waals surface area contributed by atoms with Gasteiger partial charge in [-0.15, -0.1) is 0 Å². The molecule has 0 unspecified atom stereocenters.